The fourth-order valence-corrected chi connectivity index (χ4v) is 4.23. The molecule has 1 aromatic heterocycles. The van der Waals surface area contributed by atoms with Crippen molar-refractivity contribution in [2.75, 3.05) is 56.2 Å². The first-order chi connectivity index (χ1) is 14.5. The largest absolute Gasteiger partial charge is 0.481 e. The molecule has 0 radical (unpaired) electrons. The molecule has 2 fully saturated rings. The number of piperidine rings is 1. The number of halogens is 1. The first-order valence-electron chi connectivity index (χ1n) is 10.5. The van der Waals surface area contributed by atoms with Crippen LogP contribution in [0.2, 0.25) is 0 Å². The average Bonchev–Trinajstić information content (AvgIpc) is 2.79. The van der Waals surface area contributed by atoms with Crippen LogP contribution in [0.25, 0.3) is 0 Å². The second kappa shape index (κ2) is 8.85. The summed E-state index contributed by atoms with van der Waals surface area (Å²) >= 11 is 0. The number of aromatic nitrogens is 2. The van der Waals surface area contributed by atoms with Crippen molar-refractivity contribution in [3.05, 3.63) is 41.8 Å². The number of rotatable bonds is 4. The van der Waals surface area contributed by atoms with Gasteiger partial charge in [-0.25, -0.2) is 9.37 Å². The highest BCUT2D eigenvalue weighted by Crippen LogP contribution is 2.25. The number of carbonyl (C=O) groups is 1. The van der Waals surface area contributed by atoms with Crippen LogP contribution in [0.1, 0.15) is 18.5 Å². The van der Waals surface area contributed by atoms with Crippen LogP contribution in [-0.2, 0) is 4.79 Å². The third-order valence-corrected chi connectivity index (χ3v) is 5.86. The fraction of sp³-hybridized carbons (Fsp3) is 0.500. The van der Waals surface area contributed by atoms with Crippen molar-refractivity contribution in [2.24, 2.45) is 5.92 Å². The molecule has 0 aliphatic carbocycles. The van der Waals surface area contributed by atoms with Crippen LogP contribution in [0.15, 0.2) is 30.3 Å². The van der Waals surface area contributed by atoms with Crippen molar-refractivity contribution in [1.82, 2.24) is 14.9 Å². The van der Waals surface area contributed by atoms with Crippen LogP contribution in [0.4, 0.5) is 16.0 Å². The third kappa shape index (κ3) is 4.47. The van der Waals surface area contributed by atoms with E-state index in [9.17, 15) is 9.18 Å². The molecule has 0 spiro atoms. The van der Waals surface area contributed by atoms with Gasteiger partial charge in [-0.3, -0.25) is 4.79 Å². The summed E-state index contributed by atoms with van der Waals surface area (Å²) in [6, 6.07) is 8.35. The summed E-state index contributed by atoms with van der Waals surface area (Å²) in [5, 5.41) is 0. The Morgan fingerprint density at radius 1 is 1.07 bits per heavy atom. The number of anilines is 2. The lowest BCUT2D eigenvalue weighted by atomic mass is 9.96. The summed E-state index contributed by atoms with van der Waals surface area (Å²) in [7, 11) is 1.60. The minimum absolute atomic E-state index is 0.0498. The summed E-state index contributed by atoms with van der Waals surface area (Å²) < 4.78 is 18.4. The van der Waals surface area contributed by atoms with Crippen molar-refractivity contribution in [3.8, 4) is 5.88 Å². The Labute approximate surface area is 176 Å². The topological polar surface area (TPSA) is 61.8 Å². The van der Waals surface area contributed by atoms with Crippen LogP contribution in [0.3, 0.4) is 0 Å². The number of aryl methyl sites for hydroxylation is 1. The molecule has 8 heteroatoms. The Hall–Kier alpha value is -2.90. The van der Waals surface area contributed by atoms with Gasteiger partial charge in [0.25, 0.3) is 0 Å². The predicted octanol–water partition coefficient (Wildman–Crippen LogP) is 2.50. The number of hydrogen-bond acceptors (Lipinski definition) is 6. The van der Waals surface area contributed by atoms with E-state index in [1.807, 2.05) is 11.8 Å². The molecule has 30 heavy (non-hydrogen) atoms. The molecular formula is C22H28FN5O2. The lowest BCUT2D eigenvalue weighted by Crippen LogP contribution is -2.52. The number of methoxy groups -OCH3 is 1. The molecule has 1 atom stereocenters. The Morgan fingerprint density at radius 3 is 2.50 bits per heavy atom. The molecule has 4 rings (SSSR count). The van der Waals surface area contributed by atoms with E-state index in [2.05, 4.69) is 19.8 Å². The first kappa shape index (κ1) is 20.4. The van der Waals surface area contributed by atoms with E-state index in [1.165, 1.54) is 12.1 Å². The zero-order valence-electron chi connectivity index (χ0n) is 17.6. The molecule has 7 nitrogen and oxygen atoms in total. The van der Waals surface area contributed by atoms with Gasteiger partial charge in [0.2, 0.25) is 17.7 Å². The van der Waals surface area contributed by atoms with Crippen molar-refractivity contribution < 1.29 is 13.9 Å². The molecule has 2 aliphatic heterocycles. The lowest BCUT2D eigenvalue weighted by molar-refractivity contribution is -0.136. The minimum Gasteiger partial charge on any atom is -0.481 e. The molecule has 0 unspecified atom stereocenters. The molecule has 0 N–H and O–H groups in total. The van der Waals surface area contributed by atoms with Crippen molar-refractivity contribution in [2.45, 2.75) is 19.8 Å². The van der Waals surface area contributed by atoms with Gasteiger partial charge in [0.05, 0.1) is 13.0 Å². The molecule has 1 amide bonds. The number of carbonyl (C=O) groups excluding carboxylic acids is 1. The van der Waals surface area contributed by atoms with Gasteiger partial charge in [0, 0.05) is 56.7 Å². The smallest absolute Gasteiger partial charge is 0.228 e. The minimum atomic E-state index is -0.232. The summed E-state index contributed by atoms with van der Waals surface area (Å²) in [6.45, 7) is 6.26. The standard InChI is InChI=1S/C22H28FN5O2/c1-16-14-20(30-2)25-22(24-16)28-9-3-4-17(15-28)21(29)27-12-10-26(11-13-27)19-7-5-18(23)6-8-19/h5-8,14,17H,3-4,9-13,15H2,1-2H3/t17-/m0/s1. The maximum absolute atomic E-state index is 13.2. The van der Waals surface area contributed by atoms with Crippen molar-refractivity contribution in [3.63, 3.8) is 0 Å². The van der Waals surface area contributed by atoms with Gasteiger partial charge in [-0.2, -0.15) is 4.98 Å². The van der Waals surface area contributed by atoms with E-state index >= 15 is 0 Å². The van der Waals surface area contributed by atoms with E-state index in [0.29, 0.717) is 31.5 Å². The highest BCUT2D eigenvalue weighted by Gasteiger charge is 2.32. The highest BCUT2D eigenvalue weighted by atomic mass is 19.1. The highest BCUT2D eigenvalue weighted by molar-refractivity contribution is 5.80. The van der Waals surface area contributed by atoms with Gasteiger partial charge in [-0.15, -0.1) is 0 Å². The second-order valence-electron chi connectivity index (χ2n) is 7.93. The summed E-state index contributed by atoms with van der Waals surface area (Å²) in [4.78, 5) is 28.4. The maximum Gasteiger partial charge on any atom is 0.228 e. The lowest BCUT2D eigenvalue weighted by Gasteiger charge is -2.39. The third-order valence-electron chi connectivity index (χ3n) is 5.86. The van der Waals surface area contributed by atoms with Gasteiger partial charge in [-0.1, -0.05) is 0 Å². The van der Waals surface area contributed by atoms with Crippen molar-refractivity contribution in [1.29, 1.82) is 0 Å². The van der Waals surface area contributed by atoms with E-state index in [0.717, 1.165) is 43.9 Å². The molecule has 3 heterocycles. The summed E-state index contributed by atoms with van der Waals surface area (Å²) in [5.41, 5.74) is 1.85. The van der Waals surface area contributed by atoms with Gasteiger partial charge >= 0.3 is 0 Å². The number of ether oxygens (including phenoxy) is 1. The van der Waals surface area contributed by atoms with E-state index in [4.69, 9.17) is 4.74 Å². The monoisotopic (exact) mass is 413 g/mol. The van der Waals surface area contributed by atoms with Crippen LogP contribution >= 0.6 is 0 Å². The Morgan fingerprint density at radius 2 is 1.80 bits per heavy atom. The molecule has 1 aromatic carbocycles. The molecular weight excluding hydrogens is 385 g/mol. The number of amides is 1. The molecule has 2 saturated heterocycles. The summed E-state index contributed by atoms with van der Waals surface area (Å²) in [6.07, 6.45) is 1.82. The van der Waals surface area contributed by atoms with Crippen LogP contribution in [-0.4, -0.2) is 67.2 Å². The van der Waals surface area contributed by atoms with Crippen LogP contribution < -0.4 is 14.5 Å². The molecule has 2 aromatic rings. The number of hydrogen-bond donors (Lipinski definition) is 0. The maximum atomic E-state index is 13.2. The van der Waals surface area contributed by atoms with Gasteiger partial charge in [0.15, 0.2) is 0 Å². The zero-order chi connectivity index (χ0) is 21.1. The van der Waals surface area contributed by atoms with E-state index in [-0.39, 0.29) is 17.6 Å². The molecule has 0 saturated carbocycles. The zero-order valence-corrected chi connectivity index (χ0v) is 17.6. The summed E-state index contributed by atoms with van der Waals surface area (Å²) in [5.74, 6) is 1.10. The average molecular weight is 413 g/mol. The molecule has 2 aliphatic rings. The van der Waals surface area contributed by atoms with E-state index in [1.54, 1.807) is 25.3 Å². The normalized spacial score (nSPS) is 19.7. The van der Waals surface area contributed by atoms with Crippen molar-refractivity contribution >= 4 is 17.5 Å². The Balaban J connectivity index is 1.37. The molecule has 0 bridgehead atoms. The van der Waals surface area contributed by atoms with Crippen LogP contribution in [0, 0.1) is 18.7 Å². The van der Waals surface area contributed by atoms with Gasteiger partial charge in [-0.05, 0) is 44.0 Å². The molecule has 160 valence electrons. The Kier molecular flexibility index (Phi) is 6.01. The van der Waals surface area contributed by atoms with E-state index < -0.39 is 0 Å². The predicted molar refractivity (Wildman–Crippen MR) is 113 cm³/mol. The second-order valence-corrected chi connectivity index (χ2v) is 7.93. The Bertz CT molecular complexity index is 884. The van der Waals surface area contributed by atoms with Gasteiger partial charge in [0.1, 0.15) is 5.82 Å². The SMILES string of the molecule is COc1cc(C)nc(N2CCC[C@H](C(=O)N3CCN(c4ccc(F)cc4)CC3)C2)n1. The number of piperazine rings is 1. The fourth-order valence-electron chi connectivity index (χ4n) is 4.23. The number of benzene rings is 1. The number of nitrogens with zero attached hydrogens (tertiary/aromatic N) is 5. The van der Waals surface area contributed by atoms with Crippen LogP contribution in [0.5, 0.6) is 5.88 Å². The van der Waals surface area contributed by atoms with Gasteiger partial charge < -0.3 is 19.4 Å². The first-order valence-corrected chi connectivity index (χ1v) is 10.5. The quantitative estimate of drug-likeness (QED) is 0.768.